The van der Waals surface area contributed by atoms with Gasteiger partial charge in [0.2, 0.25) is 10.0 Å². The fourth-order valence-corrected chi connectivity index (χ4v) is 2.14. The maximum absolute atomic E-state index is 11.4. The van der Waals surface area contributed by atoms with E-state index in [4.69, 9.17) is 4.74 Å². The Hall–Kier alpha value is -0.130. The van der Waals surface area contributed by atoms with Gasteiger partial charge in [-0.25, -0.2) is 13.1 Å². The van der Waals surface area contributed by atoms with E-state index in [1.807, 2.05) is 0 Å². The number of hydrogen-bond acceptors (Lipinski definition) is 3. The normalized spacial score (nSPS) is 23.2. The van der Waals surface area contributed by atoms with Crippen LogP contribution in [0.1, 0.15) is 33.1 Å². The van der Waals surface area contributed by atoms with Gasteiger partial charge < -0.3 is 4.74 Å². The molecule has 1 N–H and O–H groups in total. The van der Waals surface area contributed by atoms with Gasteiger partial charge >= 0.3 is 0 Å². The molecule has 1 rings (SSSR count). The van der Waals surface area contributed by atoms with Crippen LogP contribution >= 0.6 is 0 Å². The molecule has 1 fully saturated rings. The first kappa shape index (κ1) is 11.9. The second kappa shape index (κ2) is 5.09. The molecule has 84 valence electrons. The van der Waals surface area contributed by atoms with E-state index >= 15 is 0 Å². The van der Waals surface area contributed by atoms with Crippen LogP contribution in [0, 0.1) is 0 Å². The lowest BCUT2D eigenvalue weighted by Crippen LogP contribution is -2.32. The van der Waals surface area contributed by atoms with Crippen LogP contribution in [0.5, 0.6) is 0 Å². The zero-order chi connectivity index (χ0) is 10.6. The maximum atomic E-state index is 11.4. The first-order chi connectivity index (χ1) is 6.52. The predicted octanol–water partition coefficient (Wildman–Crippen LogP) is 0.883. The number of sulfonamides is 1. The number of hydrogen-bond donors (Lipinski definition) is 1. The van der Waals surface area contributed by atoms with Gasteiger partial charge in [0.1, 0.15) is 0 Å². The molecule has 0 spiro atoms. The van der Waals surface area contributed by atoms with E-state index in [1.54, 1.807) is 13.8 Å². The predicted molar refractivity (Wildman–Crippen MR) is 55.6 cm³/mol. The van der Waals surface area contributed by atoms with Crippen LogP contribution in [-0.2, 0) is 14.8 Å². The van der Waals surface area contributed by atoms with Crippen molar-refractivity contribution in [2.75, 3.05) is 13.2 Å². The van der Waals surface area contributed by atoms with Gasteiger partial charge in [0.05, 0.1) is 11.4 Å². The molecule has 1 aliphatic rings. The molecule has 0 aromatic heterocycles. The van der Waals surface area contributed by atoms with Crippen molar-refractivity contribution in [3.63, 3.8) is 0 Å². The molecule has 1 saturated heterocycles. The average molecular weight is 221 g/mol. The van der Waals surface area contributed by atoms with Crippen molar-refractivity contribution in [2.24, 2.45) is 0 Å². The van der Waals surface area contributed by atoms with Crippen LogP contribution in [0.2, 0.25) is 0 Å². The second-order valence-corrected chi connectivity index (χ2v) is 6.23. The molecule has 4 nitrogen and oxygen atoms in total. The molecule has 0 bridgehead atoms. The van der Waals surface area contributed by atoms with E-state index in [2.05, 4.69) is 4.72 Å². The first-order valence-corrected chi connectivity index (χ1v) is 6.67. The van der Waals surface area contributed by atoms with E-state index < -0.39 is 10.0 Å². The SMILES string of the molecule is CC(C)S(=O)(=O)NCCC1CCCO1. The molecule has 1 aliphatic heterocycles. The Morgan fingerprint density at radius 2 is 2.21 bits per heavy atom. The van der Waals surface area contributed by atoms with Gasteiger partial charge in [-0.2, -0.15) is 0 Å². The molecule has 0 radical (unpaired) electrons. The Morgan fingerprint density at radius 3 is 2.71 bits per heavy atom. The molecule has 1 unspecified atom stereocenters. The van der Waals surface area contributed by atoms with Crippen molar-refractivity contribution in [1.29, 1.82) is 0 Å². The van der Waals surface area contributed by atoms with E-state index in [0.29, 0.717) is 6.54 Å². The lowest BCUT2D eigenvalue weighted by atomic mass is 10.2. The number of nitrogens with one attached hydrogen (secondary N) is 1. The Bertz CT molecular complexity index is 255. The fraction of sp³-hybridized carbons (Fsp3) is 1.00. The van der Waals surface area contributed by atoms with Crippen molar-refractivity contribution in [2.45, 2.75) is 44.5 Å². The molecule has 0 amide bonds. The molecular formula is C9H19NO3S. The van der Waals surface area contributed by atoms with Gasteiger partial charge in [-0.1, -0.05) is 0 Å². The van der Waals surface area contributed by atoms with Crippen molar-refractivity contribution < 1.29 is 13.2 Å². The van der Waals surface area contributed by atoms with E-state index in [0.717, 1.165) is 25.9 Å². The third kappa shape index (κ3) is 3.55. The van der Waals surface area contributed by atoms with Crippen molar-refractivity contribution in [1.82, 2.24) is 4.72 Å². The monoisotopic (exact) mass is 221 g/mol. The summed E-state index contributed by atoms with van der Waals surface area (Å²) in [5.74, 6) is 0. The third-order valence-electron chi connectivity index (χ3n) is 2.41. The minimum absolute atomic E-state index is 0.255. The van der Waals surface area contributed by atoms with Crippen LogP contribution in [0.25, 0.3) is 0 Å². The molecular weight excluding hydrogens is 202 g/mol. The van der Waals surface area contributed by atoms with Gasteiger partial charge in [0, 0.05) is 13.2 Å². The van der Waals surface area contributed by atoms with Crippen LogP contribution < -0.4 is 4.72 Å². The molecule has 0 aromatic carbocycles. The molecule has 5 heteroatoms. The summed E-state index contributed by atoms with van der Waals surface area (Å²) in [7, 11) is -3.10. The first-order valence-electron chi connectivity index (χ1n) is 5.12. The summed E-state index contributed by atoms with van der Waals surface area (Å²) in [6, 6.07) is 0. The Balaban J connectivity index is 2.20. The van der Waals surface area contributed by atoms with Crippen LogP contribution in [0.3, 0.4) is 0 Å². The summed E-state index contributed by atoms with van der Waals surface area (Å²) in [6.07, 6.45) is 3.20. The van der Waals surface area contributed by atoms with Crippen LogP contribution in [0.4, 0.5) is 0 Å². The zero-order valence-electron chi connectivity index (χ0n) is 8.82. The standard InChI is InChI=1S/C9H19NO3S/c1-8(2)14(11,12)10-6-5-9-4-3-7-13-9/h8-10H,3-7H2,1-2H3. The molecule has 1 atom stereocenters. The number of ether oxygens (including phenoxy) is 1. The van der Waals surface area contributed by atoms with Gasteiger partial charge in [0.15, 0.2) is 0 Å². The van der Waals surface area contributed by atoms with Gasteiger partial charge in [0.25, 0.3) is 0 Å². The molecule has 14 heavy (non-hydrogen) atoms. The lowest BCUT2D eigenvalue weighted by Gasteiger charge is -2.12. The highest BCUT2D eigenvalue weighted by molar-refractivity contribution is 7.90. The van der Waals surface area contributed by atoms with Crippen LogP contribution in [0.15, 0.2) is 0 Å². The van der Waals surface area contributed by atoms with E-state index in [1.165, 1.54) is 0 Å². The summed E-state index contributed by atoms with van der Waals surface area (Å²) < 4.78 is 30.7. The fourth-order valence-electron chi connectivity index (χ4n) is 1.40. The molecule has 1 heterocycles. The molecule has 0 aromatic rings. The second-order valence-electron chi connectivity index (χ2n) is 3.91. The summed E-state index contributed by atoms with van der Waals surface area (Å²) in [6.45, 7) is 4.66. The highest BCUT2D eigenvalue weighted by atomic mass is 32.2. The third-order valence-corrected chi connectivity index (χ3v) is 4.26. The van der Waals surface area contributed by atoms with Gasteiger partial charge in [-0.3, -0.25) is 0 Å². The topological polar surface area (TPSA) is 55.4 Å². The highest BCUT2D eigenvalue weighted by Gasteiger charge is 2.18. The summed E-state index contributed by atoms with van der Waals surface area (Å²) in [4.78, 5) is 0. The zero-order valence-corrected chi connectivity index (χ0v) is 9.64. The summed E-state index contributed by atoms with van der Waals surface area (Å²) in [5.41, 5.74) is 0. The maximum Gasteiger partial charge on any atom is 0.213 e. The number of rotatable bonds is 5. The smallest absolute Gasteiger partial charge is 0.213 e. The minimum Gasteiger partial charge on any atom is -0.378 e. The van der Waals surface area contributed by atoms with Crippen molar-refractivity contribution in [3.05, 3.63) is 0 Å². The van der Waals surface area contributed by atoms with Crippen LogP contribution in [-0.4, -0.2) is 32.9 Å². The summed E-state index contributed by atoms with van der Waals surface area (Å²) >= 11 is 0. The Kier molecular flexibility index (Phi) is 4.34. The minimum atomic E-state index is -3.10. The Morgan fingerprint density at radius 1 is 1.50 bits per heavy atom. The van der Waals surface area contributed by atoms with E-state index in [-0.39, 0.29) is 11.4 Å². The largest absolute Gasteiger partial charge is 0.378 e. The van der Waals surface area contributed by atoms with Crippen molar-refractivity contribution >= 4 is 10.0 Å². The lowest BCUT2D eigenvalue weighted by molar-refractivity contribution is 0.105. The highest BCUT2D eigenvalue weighted by Crippen LogP contribution is 2.14. The quantitative estimate of drug-likeness (QED) is 0.750. The van der Waals surface area contributed by atoms with E-state index in [9.17, 15) is 8.42 Å². The van der Waals surface area contributed by atoms with Gasteiger partial charge in [-0.15, -0.1) is 0 Å². The molecule has 0 saturated carbocycles. The summed E-state index contributed by atoms with van der Waals surface area (Å²) in [5, 5.41) is -0.355. The average Bonchev–Trinajstić information content (AvgIpc) is 2.56. The van der Waals surface area contributed by atoms with Gasteiger partial charge in [-0.05, 0) is 33.1 Å². The molecule has 0 aliphatic carbocycles. The Labute approximate surface area is 86.1 Å². The van der Waals surface area contributed by atoms with Crippen molar-refractivity contribution in [3.8, 4) is 0 Å².